The average Bonchev–Trinajstić information content (AvgIpc) is 3.12. The van der Waals surface area contributed by atoms with Gasteiger partial charge in [0.25, 0.3) is 5.91 Å². The molecule has 52 heavy (non-hydrogen) atoms. The number of amides is 1. The zero-order chi connectivity index (χ0) is 37.9. The monoisotopic (exact) mass is 743 g/mol. The fourth-order valence-electron chi connectivity index (χ4n) is 8.02. The van der Waals surface area contributed by atoms with Gasteiger partial charge in [0.05, 0.1) is 30.5 Å². The van der Waals surface area contributed by atoms with Crippen LogP contribution in [0.4, 0.5) is 0 Å². The van der Waals surface area contributed by atoms with E-state index in [4.69, 9.17) is 28.4 Å². The van der Waals surface area contributed by atoms with Gasteiger partial charge >= 0.3 is 0 Å². The number of carbonyl (C=O) groups excluding carboxylic acids is 1. The molecule has 0 spiro atoms. The highest BCUT2D eigenvalue weighted by molar-refractivity contribution is 6.76. The molecule has 2 aromatic carbocycles. The molecule has 3 aliphatic heterocycles. The molecule has 2 aromatic rings. The summed E-state index contributed by atoms with van der Waals surface area (Å²) in [7, 11) is -1.24. The van der Waals surface area contributed by atoms with Crippen LogP contribution in [0.5, 0.6) is 0 Å². The third kappa shape index (κ3) is 9.29. The van der Waals surface area contributed by atoms with Crippen molar-refractivity contribution in [3.8, 4) is 0 Å². The van der Waals surface area contributed by atoms with E-state index in [0.717, 1.165) is 29.7 Å². The molecule has 3 fully saturated rings. The molecule has 11 heteroatoms. The first kappa shape index (κ1) is 41.2. The van der Waals surface area contributed by atoms with E-state index in [2.05, 4.69) is 66.5 Å². The first-order valence-electron chi connectivity index (χ1n) is 19.7. The van der Waals surface area contributed by atoms with Gasteiger partial charge in [0.1, 0.15) is 18.2 Å². The normalized spacial score (nSPS) is 38.7. The molecule has 3 saturated heterocycles. The summed E-state index contributed by atoms with van der Waals surface area (Å²) in [4.78, 5) is 13.7. The number of benzene rings is 2. The molecule has 0 aromatic heterocycles. The minimum absolute atomic E-state index is 0.0468. The SMILES string of the molecule is CCC1OC(O[C@@H]2C(CC)O[C@@H](OCC[Si](C)(C)C)C(C)C2C)C(C)C(O[C@@H]2OC(CC)[C@@H](O)C(O)C2NC(=O)c2ccc3ccccc3c2)[C@H]1C. The van der Waals surface area contributed by atoms with Gasteiger partial charge in [0.15, 0.2) is 18.9 Å². The second kappa shape index (κ2) is 17.7. The van der Waals surface area contributed by atoms with Crippen LogP contribution in [0.15, 0.2) is 42.5 Å². The van der Waals surface area contributed by atoms with Crippen LogP contribution in [0.25, 0.3) is 10.8 Å². The van der Waals surface area contributed by atoms with Gasteiger partial charge < -0.3 is 44.0 Å². The number of hydrogen-bond donors (Lipinski definition) is 3. The number of aliphatic hydroxyl groups is 2. The Morgan fingerprint density at radius 1 is 0.712 bits per heavy atom. The summed E-state index contributed by atoms with van der Waals surface area (Å²) in [5, 5.41) is 27.4. The van der Waals surface area contributed by atoms with Gasteiger partial charge in [0.2, 0.25) is 0 Å². The number of carbonyl (C=O) groups is 1. The van der Waals surface area contributed by atoms with Crippen molar-refractivity contribution in [2.24, 2.45) is 23.7 Å². The van der Waals surface area contributed by atoms with Crippen molar-refractivity contribution >= 4 is 24.8 Å². The highest BCUT2D eigenvalue weighted by Crippen LogP contribution is 2.41. The molecule has 3 N–H and O–H groups in total. The zero-order valence-corrected chi connectivity index (χ0v) is 34.0. The van der Waals surface area contributed by atoms with E-state index in [0.29, 0.717) is 18.6 Å². The maximum Gasteiger partial charge on any atom is 0.251 e. The molecule has 0 aliphatic carbocycles. The summed E-state index contributed by atoms with van der Waals surface area (Å²) in [6, 6.07) is 13.4. The summed E-state index contributed by atoms with van der Waals surface area (Å²) < 4.78 is 39.7. The lowest BCUT2D eigenvalue weighted by molar-refractivity contribution is -0.348. The van der Waals surface area contributed by atoms with Crippen LogP contribution < -0.4 is 5.32 Å². The third-order valence-electron chi connectivity index (χ3n) is 11.7. The van der Waals surface area contributed by atoms with E-state index < -0.39 is 51.1 Å². The van der Waals surface area contributed by atoms with E-state index in [1.54, 1.807) is 6.07 Å². The number of ether oxygens (including phenoxy) is 6. The predicted molar refractivity (Wildman–Crippen MR) is 205 cm³/mol. The van der Waals surface area contributed by atoms with Crippen molar-refractivity contribution in [2.75, 3.05) is 6.61 Å². The van der Waals surface area contributed by atoms with E-state index >= 15 is 0 Å². The van der Waals surface area contributed by atoms with Crippen molar-refractivity contribution in [3.05, 3.63) is 48.0 Å². The second-order valence-electron chi connectivity index (χ2n) is 16.7. The molecule has 10 unspecified atom stereocenters. The summed E-state index contributed by atoms with van der Waals surface area (Å²) >= 11 is 0. The molecule has 1 amide bonds. The topological polar surface area (TPSA) is 125 Å². The Morgan fingerprint density at radius 2 is 1.33 bits per heavy atom. The molecular formula is C41H65NO9Si. The molecular weight excluding hydrogens is 679 g/mol. The molecule has 292 valence electrons. The Labute approximate surface area is 312 Å². The maximum atomic E-state index is 13.7. The second-order valence-corrected chi connectivity index (χ2v) is 22.3. The van der Waals surface area contributed by atoms with Gasteiger partial charge in [-0.05, 0) is 54.1 Å². The number of fused-ring (bicyclic) bond motifs is 1. The quantitative estimate of drug-likeness (QED) is 0.192. The Balaban J connectivity index is 1.34. The largest absolute Gasteiger partial charge is 0.388 e. The molecule has 3 heterocycles. The lowest BCUT2D eigenvalue weighted by Crippen LogP contribution is -2.65. The zero-order valence-electron chi connectivity index (χ0n) is 33.0. The minimum Gasteiger partial charge on any atom is -0.388 e. The van der Waals surface area contributed by atoms with Crippen LogP contribution in [0.1, 0.15) is 78.1 Å². The fraction of sp³-hybridized carbons (Fsp3) is 0.732. The smallest absolute Gasteiger partial charge is 0.251 e. The van der Waals surface area contributed by atoms with Gasteiger partial charge in [-0.15, -0.1) is 0 Å². The number of nitrogens with one attached hydrogen (secondary N) is 1. The van der Waals surface area contributed by atoms with Gasteiger partial charge in [-0.1, -0.05) is 98.4 Å². The van der Waals surface area contributed by atoms with Gasteiger partial charge in [-0.25, -0.2) is 0 Å². The average molecular weight is 744 g/mol. The van der Waals surface area contributed by atoms with Crippen LogP contribution in [0, 0.1) is 23.7 Å². The Hall–Kier alpha value is -1.93. The van der Waals surface area contributed by atoms with Crippen molar-refractivity contribution in [1.29, 1.82) is 0 Å². The summed E-state index contributed by atoms with van der Waals surface area (Å²) in [6.07, 6.45) is -3.99. The molecule has 5 rings (SSSR count). The Kier molecular flexibility index (Phi) is 14.0. The van der Waals surface area contributed by atoms with Crippen LogP contribution in [0.3, 0.4) is 0 Å². The van der Waals surface area contributed by atoms with E-state index in [1.807, 2.05) is 43.3 Å². The highest BCUT2D eigenvalue weighted by Gasteiger charge is 2.51. The molecule has 10 nitrogen and oxygen atoms in total. The fourth-order valence-corrected chi connectivity index (χ4v) is 8.75. The van der Waals surface area contributed by atoms with E-state index in [-0.39, 0.29) is 54.2 Å². The van der Waals surface area contributed by atoms with Crippen molar-refractivity contribution in [2.45, 2.75) is 161 Å². The molecule has 3 aliphatic rings. The molecule has 15 atom stereocenters. The van der Waals surface area contributed by atoms with E-state index in [9.17, 15) is 15.0 Å². The lowest BCUT2D eigenvalue weighted by atomic mass is 9.82. The summed E-state index contributed by atoms with van der Waals surface area (Å²) in [5.74, 6) is -0.377. The standard InChI is InChI=1S/C41H65NO9Si/c1-11-30-25(6)36(26(7)40(47-30)51-37-23(4)24(5)39(49-32(37)13-3)46-20-21-52(8,9)10)50-41-33(35(44)34(43)31(12-2)48-41)42-38(45)29-19-18-27-16-14-15-17-28(27)22-29/h14-19,22-26,30-37,39-41,43-44H,11-13,20-21H2,1-10H3,(H,42,45)/t23?,24?,25-,26?,30?,31?,32?,33?,34+,35?,36?,37-,39+,40?,41-/m0/s1. The van der Waals surface area contributed by atoms with Gasteiger partial charge in [0, 0.05) is 38.0 Å². The maximum absolute atomic E-state index is 13.7. The number of rotatable bonds is 13. The molecule has 0 radical (unpaired) electrons. The van der Waals surface area contributed by atoms with Crippen LogP contribution in [0.2, 0.25) is 25.7 Å². The van der Waals surface area contributed by atoms with Crippen molar-refractivity contribution in [3.63, 3.8) is 0 Å². The lowest BCUT2D eigenvalue weighted by Gasteiger charge is -2.51. The Bertz CT molecular complexity index is 1450. The van der Waals surface area contributed by atoms with Crippen LogP contribution in [-0.4, -0.2) is 98.4 Å². The summed E-state index contributed by atoms with van der Waals surface area (Å²) in [5.41, 5.74) is 0.441. The third-order valence-corrected chi connectivity index (χ3v) is 13.5. The predicted octanol–water partition coefficient (Wildman–Crippen LogP) is 6.73. The summed E-state index contributed by atoms with van der Waals surface area (Å²) in [6.45, 7) is 22.4. The van der Waals surface area contributed by atoms with Crippen LogP contribution >= 0.6 is 0 Å². The van der Waals surface area contributed by atoms with Crippen molar-refractivity contribution < 1.29 is 43.4 Å². The minimum atomic E-state index is -1.31. The first-order chi connectivity index (χ1) is 24.7. The van der Waals surface area contributed by atoms with Crippen LogP contribution in [-0.2, 0) is 28.4 Å². The number of hydrogen-bond acceptors (Lipinski definition) is 9. The van der Waals surface area contributed by atoms with Crippen molar-refractivity contribution in [1.82, 2.24) is 5.32 Å². The molecule has 0 bridgehead atoms. The Morgan fingerprint density at radius 3 is 1.98 bits per heavy atom. The van der Waals surface area contributed by atoms with E-state index in [1.165, 1.54) is 0 Å². The first-order valence-corrected chi connectivity index (χ1v) is 23.4. The van der Waals surface area contributed by atoms with Gasteiger partial charge in [-0.2, -0.15) is 0 Å². The number of aliphatic hydroxyl groups excluding tert-OH is 2. The highest BCUT2D eigenvalue weighted by atomic mass is 28.3. The molecule has 0 saturated carbocycles. The van der Waals surface area contributed by atoms with Gasteiger partial charge in [-0.3, -0.25) is 4.79 Å².